The van der Waals surface area contributed by atoms with E-state index in [1.807, 2.05) is 0 Å². The zero-order valence-electron chi connectivity index (χ0n) is 14.5. The molecule has 8 heteroatoms. The van der Waals surface area contributed by atoms with Gasteiger partial charge in [0.05, 0.1) is 11.1 Å². The molecule has 0 radical (unpaired) electrons. The molecule has 0 aliphatic carbocycles. The first kappa shape index (κ1) is 20.2. The molecule has 0 fully saturated rings. The summed E-state index contributed by atoms with van der Waals surface area (Å²) >= 11 is 0. The zero-order chi connectivity index (χ0) is 20.2. The van der Waals surface area contributed by atoms with Crippen molar-refractivity contribution in [1.82, 2.24) is 0 Å². The summed E-state index contributed by atoms with van der Waals surface area (Å²) in [5.41, 5.74) is -0.589. The van der Waals surface area contributed by atoms with Crippen molar-refractivity contribution in [3.8, 4) is 0 Å². The van der Waals surface area contributed by atoms with Crippen molar-refractivity contribution >= 4 is 23.3 Å². The predicted octanol–water partition coefficient (Wildman–Crippen LogP) is 4.09. The van der Waals surface area contributed by atoms with Crippen molar-refractivity contribution < 1.29 is 32.3 Å². The smallest absolute Gasteiger partial charge is 0.416 e. The molecular weight excluding hydrogens is 363 g/mol. The molecule has 142 valence electrons. The summed E-state index contributed by atoms with van der Waals surface area (Å²) in [6, 6.07) is 9.89. The van der Waals surface area contributed by atoms with Crippen LogP contribution in [0.15, 0.2) is 48.5 Å². The molecule has 1 atom stereocenters. The van der Waals surface area contributed by atoms with Crippen LogP contribution in [0.5, 0.6) is 0 Å². The maximum atomic E-state index is 12.7. The normalized spacial score (nSPS) is 12.2. The Labute approximate surface area is 153 Å². The third kappa shape index (κ3) is 5.40. The Hall–Kier alpha value is -3.16. The standard InChI is InChI=1S/C19H16F3NO4/c1-11(24)13-5-4-8-16(10-13)23-17(25)12(2)27-18(26)14-6-3-7-15(9-14)19(20,21)22/h3-10,12H,1-2H3,(H,23,25)/t12-/m0/s1. The fourth-order valence-electron chi connectivity index (χ4n) is 2.16. The third-order valence-corrected chi connectivity index (χ3v) is 3.62. The van der Waals surface area contributed by atoms with E-state index in [9.17, 15) is 27.6 Å². The number of carbonyl (C=O) groups is 3. The molecule has 0 saturated heterocycles. The predicted molar refractivity (Wildman–Crippen MR) is 91.4 cm³/mol. The van der Waals surface area contributed by atoms with Gasteiger partial charge >= 0.3 is 12.1 Å². The number of nitrogens with one attached hydrogen (secondary N) is 1. The van der Waals surface area contributed by atoms with Crippen LogP contribution in [0.25, 0.3) is 0 Å². The van der Waals surface area contributed by atoms with Crippen LogP contribution in [-0.4, -0.2) is 23.8 Å². The summed E-state index contributed by atoms with van der Waals surface area (Å²) in [6.45, 7) is 2.66. The lowest BCUT2D eigenvalue weighted by Gasteiger charge is -2.14. The van der Waals surface area contributed by atoms with Crippen molar-refractivity contribution in [2.45, 2.75) is 26.1 Å². The highest BCUT2D eigenvalue weighted by atomic mass is 19.4. The van der Waals surface area contributed by atoms with E-state index in [0.29, 0.717) is 17.3 Å². The number of rotatable bonds is 5. The molecule has 1 N–H and O–H groups in total. The zero-order valence-corrected chi connectivity index (χ0v) is 14.5. The van der Waals surface area contributed by atoms with Crippen molar-refractivity contribution in [3.63, 3.8) is 0 Å². The van der Waals surface area contributed by atoms with Crippen molar-refractivity contribution in [3.05, 3.63) is 65.2 Å². The summed E-state index contributed by atoms with van der Waals surface area (Å²) < 4.78 is 43.1. The van der Waals surface area contributed by atoms with Gasteiger partial charge in [-0.05, 0) is 44.2 Å². The van der Waals surface area contributed by atoms with E-state index >= 15 is 0 Å². The monoisotopic (exact) mass is 379 g/mol. The average molecular weight is 379 g/mol. The lowest BCUT2D eigenvalue weighted by molar-refractivity contribution is -0.137. The number of carbonyl (C=O) groups excluding carboxylic acids is 3. The van der Waals surface area contributed by atoms with E-state index < -0.39 is 29.7 Å². The van der Waals surface area contributed by atoms with Crippen LogP contribution < -0.4 is 5.32 Å². The number of alkyl halides is 3. The molecule has 0 aliphatic heterocycles. The lowest BCUT2D eigenvalue weighted by Crippen LogP contribution is -2.30. The fourth-order valence-corrected chi connectivity index (χ4v) is 2.16. The van der Waals surface area contributed by atoms with Gasteiger partial charge in [0.25, 0.3) is 5.91 Å². The van der Waals surface area contributed by atoms with Gasteiger partial charge in [0.15, 0.2) is 11.9 Å². The Morgan fingerprint density at radius 2 is 1.63 bits per heavy atom. The minimum absolute atomic E-state index is 0.185. The second kappa shape index (κ2) is 8.03. The number of hydrogen-bond acceptors (Lipinski definition) is 4. The molecule has 0 bridgehead atoms. The number of anilines is 1. The molecule has 2 rings (SSSR count). The molecule has 2 aromatic rings. The lowest BCUT2D eigenvalue weighted by atomic mass is 10.1. The summed E-state index contributed by atoms with van der Waals surface area (Å²) in [5, 5.41) is 2.48. The van der Waals surface area contributed by atoms with E-state index in [4.69, 9.17) is 4.74 Å². The first-order chi connectivity index (χ1) is 12.6. The van der Waals surface area contributed by atoms with Gasteiger partial charge in [-0.25, -0.2) is 4.79 Å². The Morgan fingerprint density at radius 1 is 1.00 bits per heavy atom. The summed E-state index contributed by atoms with van der Waals surface area (Å²) in [7, 11) is 0. The van der Waals surface area contributed by atoms with Gasteiger partial charge < -0.3 is 10.1 Å². The third-order valence-electron chi connectivity index (χ3n) is 3.62. The molecule has 0 aromatic heterocycles. The van der Waals surface area contributed by atoms with Crippen LogP contribution in [-0.2, 0) is 15.7 Å². The number of ether oxygens (including phenoxy) is 1. The molecule has 0 saturated carbocycles. The van der Waals surface area contributed by atoms with Gasteiger partial charge in [0.2, 0.25) is 0 Å². The Balaban J connectivity index is 2.05. The molecule has 1 amide bonds. The van der Waals surface area contributed by atoms with Crippen molar-refractivity contribution in [1.29, 1.82) is 0 Å². The van der Waals surface area contributed by atoms with Gasteiger partial charge in [0, 0.05) is 11.3 Å². The first-order valence-corrected chi connectivity index (χ1v) is 7.88. The van der Waals surface area contributed by atoms with Gasteiger partial charge in [-0.3, -0.25) is 9.59 Å². The van der Waals surface area contributed by atoms with Crippen molar-refractivity contribution in [2.75, 3.05) is 5.32 Å². The molecule has 0 heterocycles. The number of ketones is 1. The highest BCUT2D eigenvalue weighted by Crippen LogP contribution is 2.29. The first-order valence-electron chi connectivity index (χ1n) is 7.88. The highest BCUT2D eigenvalue weighted by Gasteiger charge is 2.31. The van der Waals surface area contributed by atoms with Crippen LogP contribution in [0.3, 0.4) is 0 Å². The molecule has 0 unspecified atom stereocenters. The molecule has 5 nitrogen and oxygen atoms in total. The second-order valence-corrected chi connectivity index (χ2v) is 5.75. The van der Waals surface area contributed by atoms with Gasteiger partial charge in [-0.15, -0.1) is 0 Å². The number of hydrogen-bond donors (Lipinski definition) is 1. The topological polar surface area (TPSA) is 72.5 Å². The van der Waals surface area contributed by atoms with E-state index in [1.165, 1.54) is 26.0 Å². The Morgan fingerprint density at radius 3 is 2.26 bits per heavy atom. The molecule has 27 heavy (non-hydrogen) atoms. The molecule has 2 aromatic carbocycles. The van der Waals surface area contributed by atoms with Crippen LogP contribution in [0.2, 0.25) is 0 Å². The van der Waals surface area contributed by atoms with E-state index in [-0.39, 0.29) is 11.3 Å². The van der Waals surface area contributed by atoms with E-state index in [2.05, 4.69) is 5.32 Å². The Kier molecular flexibility index (Phi) is 5.99. The van der Waals surface area contributed by atoms with Crippen LogP contribution in [0, 0.1) is 0 Å². The number of esters is 1. The maximum Gasteiger partial charge on any atom is 0.416 e. The number of benzene rings is 2. The minimum atomic E-state index is -4.60. The Bertz CT molecular complexity index is 877. The number of amides is 1. The fraction of sp³-hybridized carbons (Fsp3) is 0.211. The summed E-state index contributed by atoms with van der Waals surface area (Å²) in [6.07, 6.45) is -5.85. The van der Waals surface area contributed by atoms with Crippen LogP contribution in [0.1, 0.15) is 40.1 Å². The number of Topliss-reactive ketones (excluding diaryl/α,β-unsaturated/α-hetero) is 1. The van der Waals surface area contributed by atoms with Crippen LogP contribution >= 0.6 is 0 Å². The molecule has 0 spiro atoms. The molecule has 0 aliphatic rings. The van der Waals surface area contributed by atoms with E-state index in [0.717, 1.165) is 12.1 Å². The van der Waals surface area contributed by atoms with E-state index in [1.54, 1.807) is 18.2 Å². The largest absolute Gasteiger partial charge is 0.449 e. The SMILES string of the molecule is CC(=O)c1cccc(NC(=O)[C@H](C)OC(=O)c2cccc(C(F)(F)F)c2)c1. The second-order valence-electron chi connectivity index (χ2n) is 5.75. The summed E-state index contributed by atoms with van der Waals surface area (Å²) in [5.74, 6) is -1.92. The van der Waals surface area contributed by atoms with Gasteiger partial charge in [-0.2, -0.15) is 13.2 Å². The molecular formula is C19H16F3NO4. The average Bonchev–Trinajstić information content (AvgIpc) is 2.61. The van der Waals surface area contributed by atoms with Crippen molar-refractivity contribution in [2.24, 2.45) is 0 Å². The van der Waals surface area contributed by atoms with Gasteiger partial charge in [-0.1, -0.05) is 18.2 Å². The summed E-state index contributed by atoms with van der Waals surface area (Å²) in [4.78, 5) is 35.5. The maximum absolute atomic E-state index is 12.7. The highest BCUT2D eigenvalue weighted by molar-refractivity contribution is 5.99. The number of halogens is 3. The van der Waals surface area contributed by atoms with Gasteiger partial charge in [0.1, 0.15) is 0 Å². The quantitative estimate of drug-likeness (QED) is 0.627. The minimum Gasteiger partial charge on any atom is -0.449 e. The van der Waals surface area contributed by atoms with Crippen LogP contribution in [0.4, 0.5) is 18.9 Å².